The Bertz CT molecular complexity index is 896. The minimum Gasteiger partial charge on any atom is -0.454 e. The van der Waals surface area contributed by atoms with Crippen LogP contribution in [-0.2, 0) is 57.2 Å². The number of hydrogen-bond donors (Lipinski definition) is 0. The Morgan fingerprint density at radius 2 is 0.476 bits per heavy atom. The molecule has 12 heteroatoms. The normalized spacial score (nSPS) is 25.0. The Hall–Kier alpha value is -3.18. The molecule has 0 aromatic heterocycles. The van der Waals surface area contributed by atoms with Gasteiger partial charge in [-0.1, -0.05) is 0 Å². The lowest BCUT2D eigenvalue weighted by Crippen LogP contribution is -2.69. The van der Waals surface area contributed by atoms with Crippen molar-refractivity contribution in [3.63, 3.8) is 0 Å². The molecule has 0 spiro atoms. The number of hydrogen-bond acceptors (Lipinski definition) is 12. The smallest absolute Gasteiger partial charge is 0.311 e. The first-order valence-electron chi connectivity index (χ1n) is 13.9. The van der Waals surface area contributed by atoms with Crippen LogP contribution in [-0.4, -0.2) is 72.4 Å². The number of ether oxygens (including phenoxy) is 6. The second-order valence-electron chi connectivity index (χ2n) is 14.6. The first kappa shape index (κ1) is 36.8. The summed E-state index contributed by atoms with van der Waals surface area (Å²) in [6, 6.07) is 0. The van der Waals surface area contributed by atoms with E-state index in [-0.39, 0.29) is 0 Å². The molecule has 1 aliphatic rings. The Morgan fingerprint density at radius 3 is 0.595 bits per heavy atom. The lowest BCUT2D eigenvalue weighted by atomic mass is 9.82. The van der Waals surface area contributed by atoms with Crippen LogP contribution in [0, 0.1) is 21.7 Å². The highest BCUT2D eigenvalue weighted by Crippen LogP contribution is 2.38. The molecule has 1 rings (SSSR count). The van der Waals surface area contributed by atoms with E-state index in [0.717, 1.165) is 13.8 Å². The molecular formula is C30H48O12. The van der Waals surface area contributed by atoms with E-state index < -0.39 is 94.1 Å². The van der Waals surface area contributed by atoms with E-state index >= 15 is 0 Å². The predicted octanol–water partition coefficient (Wildman–Crippen LogP) is 3.70. The molecule has 1 saturated carbocycles. The second-order valence-corrected chi connectivity index (χ2v) is 14.6. The van der Waals surface area contributed by atoms with Gasteiger partial charge in [-0.15, -0.1) is 0 Å². The Kier molecular flexibility index (Phi) is 11.4. The fourth-order valence-electron chi connectivity index (χ4n) is 3.51. The molecule has 0 saturated heterocycles. The van der Waals surface area contributed by atoms with Gasteiger partial charge in [-0.05, 0) is 83.1 Å². The van der Waals surface area contributed by atoms with Crippen molar-refractivity contribution in [1.82, 2.24) is 0 Å². The van der Waals surface area contributed by atoms with Crippen LogP contribution < -0.4 is 0 Å². The van der Waals surface area contributed by atoms with Gasteiger partial charge in [0.2, 0.25) is 0 Å². The van der Waals surface area contributed by atoms with Crippen LogP contribution in [0.3, 0.4) is 0 Å². The average molecular weight is 601 g/mol. The first-order valence-corrected chi connectivity index (χ1v) is 13.9. The third-order valence-corrected chi connectivity index (χ3v) is 5.97. The minimum atomic E-state index is -1.64. The van der Waals surface area contributed by atoms with Crippen molar-refractivity contribution >= 4 is 35.8 Å². The van der Waals surface area contributed by atoms with Gasteiger partial charge >= 0.3 is 35.8 Å². The number of carbonyl (C=O) groups is 6. The molecule has 0 radical (unpaired) electrons. The fraction of sp³-hybridized carbons (Fsp3) is 0.800. The van der Waals surface area contributed by atoms with Crippen LogP contribution in [0.15, 0.2) is 0 Å². The largest absolute Gasteiger partial charge is 0.454 e. The maximum Gasteiger partial charge on any atom is 0.311 e. The molecule has 12 nitrogen and oxygen atoms in total. The van der Waals surface area contributed by atoms with Crippen LogP contribution in [0.4, 0.5) is 0 Å². The zero-order chi connectivity index (χ0) is 33.2. The Morgan fingerprint density at radius 1 is 0.333 bits per heavy atom. The summed E-state index contributed by atoms with van der Waals surface area (Å²) in [7, 11) is 0. The molecule has 0 heterocycles. The van der Waals surface area contributed by atoms with Crippen molar-refractivity contribution < 1.29 is 57.2 Å². The van der Waals surface area contributed by atoms with E-state index in [1.807, 2.05) is 0 Å². The van der Waals surface area contributed by atoms with E-state index in [2.05, 4.69) is 0 Å². The maximum atomic E-state index is 13.2. The van der Waals surface area contributed by atoms with Gasteiger partial charge in [-0.2, -0.15) is 0 Å². The van der Waals surface area contributed by atoms with Gasteiger partial charge in [0.15, 0.2) is 36.6 Å². The van der Waals surface area contributed by atoms with E-state index in [1.165, 1.54) is 0 Å². The van der Waals surface area contributed by atoms with Gasteiger partial charge in [0.1, 0.15) is 0 Å². The van der Waals surface area contributed by atoms with Crippen molar-refractivity contribution in [3.05, 3.63) is 0 Å². The zero-order valence-electron chi connectivity index (χ0n) is 27.4. The maximum absolute atomic E-state index is 13.2. The zero-order valence-corrected chi connectivity index (χ0v) is 27.4. The Balaban J connectivity index is 4.08. The van der Waals surface area contributed by atoms with E-state index in [4.69, 9.17) is 28.4 Å². The van der Waals surface area contributed by atoms with Crippen molar-refractivity contribution in [2.45, 2.75) is 134 Å². The molecule has 240 valence electrons. The van der Waals surface area contributed by atoms with Crippen molar-refractivity contribution in [3.8, 4) is 0 Å². The van der Waals surface area contributed by atoms with Crippen LogP contribution in [0.5, 0.6) is 0 Å². The minimum absolute atomic E-state index is 0.783. The molecule has 0 aromatic carbocycles. The Labute approximate surface area is 248 Å². The van der Waals surface area contributed by atoms with Crippen LogP contribution >= 0.6 is 0 Å². The van der Waals surface area contributed by atoms with E-state index in [0.29, 0.717) is 0 Å². The molecule has 0 unspecified atom stereocenters. The highest BCUT2D eigenvalue weighted by molar-refractivity contribution is 5.78. The summed E-state index contributed by atoms with van der Waals surface area (Å²) in [6.45, 7) is 21.0. The summed E-state index contributed by atoms with van der Waals surface area (Å²) in [6.07, 6.45) is -9.83. The monoisotopic (exact) mass is 600 g/mol. The van der Waals surface area contributed by atoms with Gasteiger partial charge < -0.3 is 28.4 Å². The molecule has 42 heavy (non-hydrogen) atoms. The molecular weight excluding hydrogens is 552 g/mol. The summed E-state index contributed by atoms with van der Waals surface area (Å²) in [5.41, 5.74) is -4.32. The van der Waals surface area contributed by atoms with Crippen LogP contribution in [0.25, 0.3) is 0 Å². The second kappa shape index (κ2) is 13.0. The molecule has 0 aliphatic heterocycles. The molecule has 0 N–H and O–H groups in total. The third-order valence-electron chi connectivity index (χ3n) is 5.97. The van der Waals surface area contributed by atoms with E-state index in [1.54, 1.807) is 83.1 Å². The molecule has 1 aliphatic carbocycles. The highest BCUT2D eigenvalue weighted by atomic mass is 16.7. The summed E-state index contributed by atoms with van der Waals surface area (Å²) in [4.78, 5) is 77.6. The van der Waals surface area contributed by atoms with Gasteiger partial charge in [0.05, 0.1) is 21.7 Å². The fourth-order valence-corrected chi connectivity index (χ4v) is 3.51. The number of carbonyl (C=O) groups excluding carboxylic acids is 6. The molecule has 1 fully saturated rings. The van der Waals surface area contributed by atoms with Crippen molar-refractivity contribution in [2.24, 2.45) is 21.7 Å². The topological polar surface area (TPSA) is 158 Å². The summed E-state index contributed by atoms with van der Waals surface area (Å²) < 4.78 is 34.4. The first-order chi connectivity index (χ1) is 18.7. The molecule has 0 aromatic rings. The van der Waals surface area contributed by atoms with Crippen LogP contribution in [0.1, 0.15) is 96.9 Å². The van der Waals surface area contributed by atoms with Gasteiger partial charge in [-0.3, -0.25) is 28.8 Å². The highest BCUT2D eigenvalue weighted by Gasteiger charge is 2.62. The summed E-state index contributed by atoms with van der Waals surface area (Å²) in [5.74, 6) is -4.85. The number of rotatable bonds is 6. The lowest BCUT2D eigenvalue weighted by molar-refractivity contribution is -0.266. The van der Waals surface area contributed by atoms with Crippen molar-refractivity contribution in [2.75, 3.05) is 0 Å². The predicted molar refractivity (Wildman–Crippen MR) is 148 cm³/mol. The van der Waals surface area contributed by atoms with Crippen molar-refractivity contribution in [1.29, 1.82) is 0 Å². The number of esters is 6. The van der Waals surface area contributed by atoms with E-state index in [9.17, 15) is 28.8 Å². The van der Waals surface area contributed by atoms with Gasteiger partial charge in [0, 0.05) is 13.8 Å². The summed E-state index contributed by atoms with van der Waals surface area (Å²) in [5, 5.41) is 0. The average Bonchev–Trinajstić information content (AvgIpc) is 2.76. The standard InChI is InChI=1S/C30H48O12/c1-15(31)37-17-19(39-23(33)27(3,4)5)21(41-25(35)29(9,10)11)18(38-16(2)32)22(42-26(36)30(12,13)14)20(17)40-24(34)28(6,7)8/h17-22H,1-14H3/t17?,18?,19-,20-,21+,22+. The molecule has 4 atom stereocenters. The van der Waals surface area contributed by atoms with Gasteiger partial charge in [-0.25, -0.2) is 0 Å². The lowest BCUT2D eigenvalue weighted by Gasteiger charge is -2.48. The quantitative estimate of drug-likeness (QED) is 0.322. The molecule has 0 bridgehead atoms. The SMILES string of the molecule is CC(=O)OC1[C@@H](OC(=O)C(C)(C)C)[C@@H](OC(=O)C(C)(C)C)C(OC(C)=O)[C@H](OC(=O)C(C)(C)C)[C@@H]1OC(=O)C(C)(C)C. The summed E-state index contributed by atoms with van der Waals surface area (Å²) >= 11 is 0. The van der Waals surface area contributed by atoms with Crippen LogP contribution in [0.2, 0.25) is 0 Å². The van der Waals surface area contributed by atoms with Gasteiger partial charge in [0.25, 0.3) is 0 Å². The third kappa shape index (κ3) is 9.97. The molecule has 0 amide bonds.